The Hall–Kier alpha value is -5.10. The fourth-order valence-electron chi connectivity index (χ4n) is 5.79. The number of likely N-dealkylation sites (tertiary alicyclic amines) is 1. The maximum atomic E-state index is 13.2. The quantitative estimate of drug-likeness (QED) is 0.125. The molecule has 1 aliphatic carbocycles. The summed E-state index contributed by atoms with van der Waals surface area (Å²) in [5.41, 5.74) is 3.05. The van der Waals surface area contributed by atoms with Gasteiger partial charge in [-0.2, -0.15) is 0 Å². The van der Waals surface area contributed by atoms with Gasteiger partial charge in [0.25, 0.3) is 0 Å². The van der Waals surface area contributed by atoms with Crippen molar-refractivity contribution >= 4 is 23.4 Å². The molecule has 0 radical (unpaired) electrons. The number of ether oxygens (including phenoxy) is 2. The Balaban J connectivity index is 1.26. The SMILES string of the molecule is CC(=N)/C=C(/NC(=O)NC1CC[C@@H](Oc2ccc(=N)n(C(=N)N3CCCCC3)c2)c2ccccc21)Nc1cccc(OCCO)c1. The molecule has 12 nitrogen and oxygen atoms in total. The topological polar surface area (TPSA) is 172 Å². The summed E-state index contributed by atoms with van der Waals surface area (Å²) in [4.78, 5) is 15.3. The molecule has 1 unspecified atom stereocenters. The first-order valence-corrected chi connectivity index (χ1v) is 15.6. The molecule has 5 rings (SSSR count). The number of hydrogen-bond acceptors (Lipinski definition) is 8. The summed E-state index contributed by atoms with van der Waals surface area (Å²) >= 11 is 0. The number of benzene rings is 2. The number of anilines is 1. The van der Waals surface area contributed by atoms with E-state index >= 15 is 0 Å². The second-order valence-corrected chi connectivity index (χ2v) is 11.4. The second-order valence-electron chi connectivity index (χ2n) is 11.4. The third-order valence-electron chi connectivity index (χ3n) is 7.91. The molecule has 7 N–H and O–H groups in total. The molecule has 242 valence electrons. The van der Waals surface area contributed by atoms with Crippen molar-refractivity contribution in [2.24, 2.45) is 0 Å². The molecule has 12 heteroatoms. The highest BCUT2D eigenvalue weighted by atomic mass is 16.5. The van der Waals surface area contributed by atoms with Crippen molar-refractivity contribution in [3.05, 3.63) is 95.4 Å². The Bertz CT molecular complexity index is 1650. The second kappa shape index (κ2) is 15.3. The third kappa shape index (κ3) is 8.33. The Morgan fingerprint density at radius 2 is 1.78 bits per heavy atom. The molecule has 2 aliphatic rings. The number of carbonyl (C=O) groups excluding carboxylic acids is 1. The number of hydrogen-bond donors (Lipinski definition) is 7. The molecule has 2 heterocycles. The minimum absolute atomic E-state index is 0.0990. The number of aliphatic hydroxyl groups is 1. The zero-order valence-electron chi connectivity index (χ0n) is 26.0. The molecule has 3 aromatic rings. The minimum Gasteiger partial charge on any atom is -0.491 e. The van der Waals surface area contributed by atoms with Crippen LogP contribution in [0.3, 0.4) is 0 Å². The predicted molar refractivity (Wildman–Crippen MR) is 176 cm³/mol. The van der Waals surface area contributed by atoms with Gasteiger partial charge in [-0.3, -0.25) is 20.7 Å². The summed E-state index contributed by atoms with van der Waals surface area (Å²) in [6.07, 6.45) is 7.53. The molecule has 1 aromatic heterocycles. The summed E-state index contributed by atoms with van der Waals surface area (Å²) < 4.78 is 13.5. The van der Waals surface area contributed by atoms with E-state index in [-0.39, 0.29) is 36.6 Å². The first-order valence-electron chi connectivity index (χ1n) is 15.6. The molecule has 1 fully saturated rings. The van der Waals surface area contributed by atoms with E-state index < -0.39 is 6.03 Å². The van der Waals surface area contributed by atoms with E-state index in [4.69, 9.17) is 30.8 Å². The van der Waals surface area contributed by atoms with Crippen LogP contribution in [0.25, 0.3) is 0 Å². The van der Waals surface area contributed by atoms with E-state index in [1.165, 1.54) is 12.5 Å². The Labute approximate surface area is 268 Å². The summed E-state index contributed by atoms with van der Waals surface area (Å²) in [6, 6.07) is 17.7. The van der Waals surface area contributed by atoms with Crippen LogP contribution in [0.4, 0.5) is 10.5 Å². The highest BCUT2D eigenvalue weighted by Crippen LogP contribution is 2.38. The van der Waals surface area contributed by atoms with Crippen LogP contribution >= 0.6 is 0 Å². The van der Waals surface area contributed by atoms with Crippen molar-refractivity contribution in [1.29, 1.82) is 16.2 Å². The number of piperidine rings is 1. The maximum absolute atomic E-state index is 13.2. The van der Waals surface area contributed by atoms with Gasteiger partial charge in [-0.15, -0.1) is 0 Å². The fraction of sp³-hybridized carbons (Fsp3) is 0.353. The smallest absolute Gasteiger partial charge is 0.320 e. The van der Waals surface area contributed by atoms with E-state index in [1.54, 1.807) is 48.0 Å². The van der Waals surface area contributed by atoms with Crippen molar-refractivity contribution in [2.75, 3.05) is 31.6 Å². The largest absolute Gasteiger partial charge is 0.491 e. The molecular formula is C34H42N8O4. The van der Waals surface area contributed by atoms with Crippen molar-refractivity contribution in [2.45, 2.75) is 51.2 Å². The zero-order chi connectivity index (χ0) is 32.5. The Morgan fingerprint density at radius 1 is 1.00 bits per heavy atom. The summed E-state index contributed by atoms with van der Waals surface area (Å²) in [7, 11) is 0. The zero-order valence-corrected chi connectivity index (χ0v) is 26.0. The van der Waals surface area contributed by atoms with Gasteiger partial charge >= 0.3 is 6.03 Å². The highest BCUT2D eigenvalue weighted by Gasteiger charge is 2.30. The van der Waals surface area contributed by atoms with Crippen LogP contribution in [-0.2, 0) is 0 Å². The van der Waals surface area contributed by atoms with E-state index in [0.29, 0.717) is 41.8 Å². The van der Waals surface area contributed by atoms with Gasteiger partial charge in [0.2, 0.25) is 5.96 Å². The number of pyridine rings is 1. The van der Waals surface area contributed by atoms with Gasteiger partial charge in [-0.1, -0.05) is 30.3 Å². The number of aromatic nitrogens is 1. The third-order valence-corrected chi connectivity index (χ3v) is 7.91. The first-order chi connectivity index (χ1) is 22.3. The summed E-state index contributed by atoms with van der Waals surface area (Å²) in [6.45, 7) is 3.32. The highest BCUT2D eigenvalue weighted by molar-refractivity contribution is 5.92. The molecule has 1 aliphatic heterocycles. The van der Waals surface area contributed by atoms with Crippen LogP contribution in [0.5, 0.6) is 11.5 Å². The number of aliphatic hydroxyl groups excluding tert-OH is 1. The average molecular weight is 627 g/mol. The van der Waals surface area contributed by atoms with Crippen LogP contribution in [0, 0.1) is 16.2 Å². The molecule has 2 amide bonds. The lowest BCUT2D eigenvalue weighted by Gasteiger charge is -2.33. The van der Waals surface area contributed by atoms with Crippen molar-refractivity contribution in [3.63, 3.8) is 0 Å². The minimum atomic E-state index is -0.421. The lowest BCUT2D eigenvalue weighted by Crippen LogP contribution is -2.43. The monoisotopic (exact) mass is 626 g/mol. The van der Waals surface area contributed by atoms with Crippen molar-refractivity contribution in [1.82, 2.24) is 20.1 Å². The number of nitrogens with one attached hydrogen (secondary N) is 6. The van der Waals surface area contributed by atoms with Crippen LogP contribution < -0.4 is 30.9 Å². The van der Waals surface area contributed by atoms with Gasteiger partial charge in [-0.25, -0.2) is 4.79 Å². The maximum Gasteiger partial charge on any atom is 0.320 e. The van der Waals surface area contributed by atoms with E-state index in [9.17, 15) is 4.79 Å². The molecule has 0 saturated carbocycles. The first kappa shape index (κ1) is 32.3. The lowest BCUT2D eigenvalue weighted by atomic mass is 9.85. The predicted octanol–water partition coefficient (Wildman–Crippen LogP) is 4.85. The van der Waals surface area contributed by atoms with E-state index in [0.717, 1.165) is 37.1 Å². The van der Waals surface area contributed by atoms with E-state index in [2.05, 4.69) is 16.0 Å². The van der Waals surface area contributed by atoms with Gasteiger partial charge in [0.05, 0.1) is 18.8 Å². The van der Waals surface area contributed by atoms with E-state index in [1.807, 2.05) is 35.2 Å². The number of nitrogens with zero attached hydrogens (tertiary/aromatic N) is 2. The normalized spacial score (nSPS) is 17.8. The van der Waals surface area contributed by atoms with Gasteiger partial charge in [0.15, 0.2) is 0 Å². The number of urea groups is 1. The standard InChI is InChI=1S/C34H42N8O4/c1-23(35)20-32(38-24-8-7-9-25(21-24)45-19-18-43)40-34(44)39-29-13-14-30(28-11-4-3-10-27(28)29)46-26-12-15-31(36)42(22-26)33(37)41-16-5-2-6-17-41/h3-4,7-12,15,20-22,29-30,35-38,43H,2,5-6,13-14,16-19H2,1H3,(H2,39,40,44)/b32-20+,35-23?,36-31?,37-33?/t29?,30-/m1/s1. The Kier molecular flexibility index (Phi) is 10.7. The number of allylic oxidation sites excluding steroid dienone is 1. The van der Waals surface area contributed by atoms with Crippen molar-refractivity contribution < 1.29 is 19.4 Å². The fourth-order valence-corrected chi connectivity index (χ4v) is 5.79. The number of rotatable bonds is 10. The van der Waals surface area contributed by atoms with Gasteiger partial charge in [0, 0.05) is 30.6 Å². The molecule has 2 aromatic carbocycles. The lowest BCUT2D eigenvalue weighted by molar-refractivity contribution is 0.170. The molecule has 1 saturated heterocycles. The number of amides is 2. The van der Waals surface area contributed by atoms with Gasteiger partial charge in [0.1, 0.15) is 35.5 Å². The van der Waals surface area contributed by atoms with Crippen LogP contribution in [0.15, 0.2) is 78.8 Å². The van der Waals surface area contributed by atoms with Gasteiger partial charge in [-0.05, 0) is 80.5 Å². The molecular weight excluding hydrogens is 584 g/mol. The molecule has 0 spiro atoms. The molecule has 2 atom stereocenters. The number of carbonyl (C=O) groups is 1. The van der Waals surface area contributed by atoms with Crippen molar-refractivity contribution in [3.8, 4) is 11.5 Å². The van der Waals surface area contributed by atoms with Crippen LogP contribution in [0.2, 0.25) is 0 Å². The van der Waals surface area contributed by atoms with Crippen LogP contribution in [0.1, 0.15) is 62.3 Å². The molecule has 46 heavy (non-hydrogen) atoms. The summed E-state index contributed by atoms with van der Waals surface area (Å²) in [5, 5.41) is 43.2. The summed E-state index contributed by atoms with van der Waals surface area (Å²) in [5.74, 6) is 1.76. The number of fused-ring (bicyclic) bond motifs is 1. The average Bonchev–Trinajstić information content (AvgIpc) is 3.05. The molecule has 0 bridgehead atoms. The Morgan fingerprint density at radius 3 is 2.54 bits per heavy atom. The van der Waals surface area contributed by atoms with Gasteiger partial charge < -0.3 is 35.5 Å². The van der Waals surface area contributed by atoms with Crippen LogP contribution in [-0.4, -0.2) is 58.6 Å².